The Balaban J connectivity index is 1.78. The van der Waals surface area contributed by atoms with Crippen molar-refractivity contribution in [3.63, 3.8) is 0 Å². The monoisotopic (exact) mass is 338 g/mol. The van der Waals surface area contributed by atoms with Crippen molar-refractivity contribution in [1.29, 1.82) is 0 Å². The number of alkyl halides is 3. The van der Waals surface area contributed by atoms with Gasteiger partial charge < -0.3 is 9.73 Å². The number of oxazole rings is 1. The first-order valence-electron chi connectivity index (χ1n) is 7.15. The predicted molar refractivity (Wildman–Crippen MR) is 78.1 cm³/mol. The fraction of sp³-hybridized carbons (Fsp3) is 0.267. The van der Waals surface area contributed by atoms with Crippen molar-refractivity contribution in [2.45, 2.75) is 26.2 Å². The molecule has 1 N–H and O–H groups in total. The standard InChI is InChI=1S/C15H13F3N4O2/c1-2-22-8-9(13(21-22)15(16,17)18)14(23)19-7-12-20-10-5-3-4-6-11(10)24-12/h3-6,8H,2,7H2,1H3,(H,19,23). The number of hydrogen-bond acceptors (Lipinski definition) is 4. The van der Waals surface area contributed by atoms with Gasteiger partial charge in [0.15, 0.2) is 11.3 Å². The Morgan fingerprint density at radius 2 is 2.08 bits per heavy atom. The molecule has 6 nitrogen and oxygen atoms in total. The summed E-state index contributed by atoms with van der Waals surface area (Å²) in [6.45, 7) is 1.73. The van der Waals surface area contributed by atoms with Crippen LogP contribution < -0.4 is 5.32 Å². The first-order valence-corrected chi connectivity index (χ1v) is 7.15. The number of benzene rings is 1. The van der Waals surface area contributed by atoms with Crippen LogP contribution in [0.15, 0.2) is 34.9 Å². The zero-order valence-corrected chi connectivity index (χ0v) is 12.6. The molecule has 0 aliphatic heterocycles. The molecule has 2 aromatic heterocycles. The molecule has 0 radical (unpaired) electrons. The summed E-state index contributed by atoms with van der Waals surface area (Å²) in [5, 5.41) is 5.78. The molecule has 0 atom stereocenters. The van der Waals surface area contributed by atoms with Crippen LogP contribution in [0.1, 0.15) is 28.9 Å². The highest BCUT2D eigenvalue weighted by Crippen LogP contribution is 2.30. The van der Waals surface area contributed by atoms with Crippen molar-refractivity contribution in [3.05, 3.63) is 47.6 Å². The number of halogens is 3. The normalized spacial score (nSPS) is 11.8. The zero-order chi connectivity index (χ0) is 17.3. The Labute approximate surface area is 134 Å². The molecule has 0 saturated carbocycles. The van der Waals surface area contributed by atoms with Gasteiger partial charge in [-0.3, -0.25) is 9.48 Å². The van der Waals surface area contributed by atoms with E-state index < -0.39 is 23.3 Å². The number of rotatable bonds is 4. The third-order valence-corrected chi connectivity index (χ3v) is 3.34. The molecule has 0 unspecified atom stereocenters. The van der Waals surface area contributed by atoms with Gasteiger partial charge in [0.25, 0.3) is 5.91 Å². The summed E-state index contributed by atoms with van der Waals surface area (Å²) < 4.78 is 45.4. The summed E-state index contributed by atoms with van der Waals surface area (Å²) in [5.74, 6) is -0.676. The van der Waals surface area contributed by atoms with E-state index in [0.717, 1.165) is 10.9 Å². The number of para-hydroxylation sites is 2. The van der Waals surface area contributed by atoms with Crippen molar-refractivity contribution in [3.8, 4) is 0 Å². The molecular weight excluding hydrogens is 325 g/mol. The number of nitrogens with zero attached hydrogens (tertiary/aromatic N) is 3. The van der Waals surface area contributed by atoms with Crippen LogP contribution >= 0.6 is 0 Å². The lowest BCUT2D eigenvalue weighted by molar-refractivity contribution is -0.141. The topological polar surface area (TPSA) is 73.0 Å². The van der Waals surface area contributed by atoms with Crippen LogP contribution in [0.4, 0.5) is 13.2 Å². The average molecular weight is 338 g/mol. The number of nitrogens with one attached hydrogen (secondary N) is 1. The molecule has 0 aliphatic rings. The van der Waals surface area contributed by atoms with E-state index >= 15 is 0 Å². The van der Waals surface area contributed by atoms with E-state index in [9.17, 15) is 18.0 Å². The number of carbonyl (C=O) groups excluding carboxylic acids is 1. The molecule has 1 amide bonds. The predicted octanol–water partition coefficient (Wildman–Crippen LogP) is 2.99. The molecule has 126 valence electrons. The number of fused-ring (bicyclic) bond motifs is 1. The maximum atomic E-state index is 13.0. The molecule has 1 aromatic carbocycles. The Kier molecular flexibility index (Phi) is 4.00. The molecule has 24 heavy (non-hydrogen) atoms. The number of carbonyl (C=O) groups is 1. The highest BCUT2D eigenvalue weighted by Gasteiger charge is 2.39. The molecule has 0 spiro atoms. The van der Waals surface area contributed by atoms with E-state index in [1.165, 1.54) is 0 Å². The van der Waals surface area contributed by atoms with Crippen molar-refractivity contribution >= 4 is 17.0 Å². The van der Waals surface area contributed by atoms with Crippen molar-refractivity contribution in [2.75, 3.05) is 0 Å². The second-order valence-corrected chi connectivity index (χ2v) is 5.00. The summed E-state index contributed by atoms with van der Waals surface area (Å²) in [7, 11) is 0. The van der Waals surface area contributed by atoms with Gasteiger partial charge in [-0.2, -0.15) is 18.3 Å². The van der Waals surface area contributed by atoms with E-state index in [0.29, 0.717) is 11.1 Å². The second kappa shape index (κ2) is 5.99. The van der Waals surface area contributed by atoms with Crippen LogP contribution in [0.3, 0.4) is 0 Å². The summed E-state index contributed by atoms with van der Waals surface area (Å²) >= 11 is 0. The van der Waals surface area contributed by atoms with Crippen LogP contribution in [0.5, 0.6) is 0 Å². The zero-order valence-electron chi connectivity index (χ0n) is 12.6. The molecule has 3 aromatic rings. The minimum Gasteiger partial charge on any atom is -0.439 e. The summed E-state index contributed by atoms with van der Waals surface area (Å²) in [6, 6.07) is 6.99. The van der Waals surface area contributed by atoms with Gasteiger partial charge in [0, 0.05) is 12.7 Å². The van der Waals surface area contributed by atoms with Crippen molar-refractivity contribution in [1.82, 2.24) is 20.1 Å². The minimum atomic E-state index is -4.70. The fourth-order valence-corrected chi connectivity index (χ4v) is 2.21. The Morgan fingerprint density at radius 1 is 1.33 bits per heavy atom. The van der Waals surface area contributed by atoms with Gasteiger partial charge in [0.05, 0.1) is 12.1 Å². The maximum absolute atomic E-state index is 13.0. The summed E-state index contributed by atoms with van der Waals surface area (Å²) in [6.07, 6.45) is -3.63. The molecule has 0 aliphatic carbocycles. The first-order chi connectivity index (χ1) is 11.4. The van der Waals surface area contributed by atoms with Gasteiger partial charge >= 0.3 is 6.18 Å². The van der Waals surface area contributed by atoms with Crippen LogP contribution in [0.2, 0.25) is 0 Å². The van der Waals surface area contributed by atoms with Crippen LogP contribution in [0.25, 0.3) is 11.1 Å². The molecule has 0 saturated heterocycles. The third kappa shape index (κ3) is 3.10. The highest BCUT2D eigenvalue weighted by atomic mass is 19.4. The Hall–Kier alpha value is -2.84. The van der Waals surface area contributed by atoms with Gasteiger partial charge in [0.1, 0.15) is 5.52 Å². The fourth-order valence-electron chi connectivity index (χ4n) is 2.21. The van der Waals surface area contributed by atoms with E-state index in [1.807, 2.05) is 0 Å². The summed E-state index contributed by atoms with van der Waals surface area (Å²) in [4.78, 5) is 16.2. The Bertz CT molecular complexity index is 849. The minimum absolute atomic E-state index is 0.123. The number of amides is 1. The third-order valence-electron chi connectivity index (χ3n) is 3.34. The molecule has 0 fully saturated rings. The first kappa shape index (κ1) is 16.0. The highest BCUT2D eigenvalue weighted by molar-refractivity contribution is 5.95. The summed E-state index contributed by atoms with van der Waals surface area (Å²) in [5.41, 5.74) is -0.590. The largest absolute Gasteiger partial charge is 0.439 e. The SMILES string of the molecule is CCn1cc(C(=O)NCc2nc3ccccc3o2)c(C(F)(F)F)n1. The molecule has 2 heterocycles. The molecule has 0 bridgehead atoms. The van der Waals surface area contributed by atoms with E-state index in [4.69, 9.17) is 4.42 Å². The number of aromatic nitrogens is 3. The maximum Gasteiger partial charge on any atom is 0.435 e. The molecule has 9 heteroatoms. The average Bonchev–Trinajstić information content (AvgIpc) is 3.15. The van der Waals surface area contributed by atoms with Crippen LogP contribution in [-0.4, -0.2) is 20.7 Å². The van der Waals surface area contributed by atoms with E-state index in [2.05, 4.69) is 15.4 Å². The van der Waals surface area contributed by atoms with Gasteiger partial charge in [-0.15, -0.1) is 0 Å². The van der Waals surface area contributed by atoms with Gasteiger partial charge in [-0.1, -0.05) is 12.1 Å². The lowest BCUT2D eigenvalue weighted by Gasteiger charge is -2.05. The van der Waals surface area contributed by atoms with Crippen molar-refractivity contribution < 1.29 is 22.4 Å². The van der Waals surface area contributed by atoms with Gasteiger partial charge in [-0.05, 0) is 19.1 Å². The lowest BCUT2D eigenvalue weighted by atomic mass is 10.2. The quantitative estimate of drug-likeness (QED) is 0.794. The molecule has 3 rings (SSSR count). The Morgan fingerprint density at radius 3 is 2.75 bits per heavy atom. The molecular formula is C15H13F3N4O2. The number of hydrogen-bond donors (Lipinski definition) is 1. The van der Waals surface area contributed by atoms with Gasteiger partial charge in [-0.25, -0.2) is 4.98 Å². The smallest absolute Gasteiger partial charge is 0.435 e. The van der Waals surface area contributed by atoms with Crippen LogP contribution in [0, 0.1) is 0 Å². The second-order valence-electron chi connectivity index (χ2n) is 5.00. The van der Waals surface area contributed by atoms with Crippen LogP contribution in [-0.2, 0) is 19.3 Å². The lowest BCUT2D eigenvalue weighted by Crippen LogP contribution is -2.25. The van der Waals surface area contributed by atoms with Crippen molar-refractivity contribution in [2.24, 2.45) is 0 Å². The van der Waals surface area contributed by atoms with E-state index in [1.54, 1.807) is 31.2 Å². The van der Waals surface area contributed by atoms with E-state index in [-0.39, 0.29) is 19.0 Å². The number of aryl methyl sites for hydroxylation is 1. The van der Waals surface area contributed by atoms with Gasteiger partial charge in [0.2, 0.25) is 5.89 Å².